The fourth-order valence-corrected chi connectivity index (χ4v) is 3.09. The number of rotatable bonds is 1. The minimum Gasteiger partial charge on any atom is -0.192 e. The molecule has 1 aliphatic rings. The smallest absolute Gasteiger partial charge is 0.0991 e. The van der Waals surface area contributed by atoms with Crippen molar-refractivity contribution < 1.29 is 0 Å². The summed E-state index contributed by atoms with van der Waals surface area (Å²) in [5, 5.41) is 9.82. The molecule has 1 atom stereocenters. The molecule has 0 aromatic heterocycles. The molecule has 0 spiro atoms. The zero-order chi connectivity index (χ0) is 13.5. The van der Waals surface area contributed by atoms with Crippen LogP contribution in [0.1, 0.15) is 29.2 Å². The van der Waals surface area contributed by atoms with E-state index in [1.54, 1.807) is 0 Å². The first-order valence-electron chi connectivity index (χ1n) is 6.14. The molecular formula is C17H12ClN. The van der Waals surface area contributed by atoms with Gasteiger partial charge in [0.2, 0.25) is 0 Å². The number of hydrogen-bond donors (Lipinski definition) is 0. The summed E-state index contributed by atoms with van der Waals surface area (Å²) in [6.07, 6.45) is 2.07. The molecule has 0 saturated heterocycles. The second kappa shape index (κ2) is 4.26. The van der Waals surface area contributed by atoms with Gasteiger partial charge in [-0.15, -0.1) is 0 Å². The molecule has 92 valence electrons. The van der Waals surface area contributed by atoms with E-state index in [2.05, 4.69) is 25.1 Å². The van der Waals surface area contributed by atoms with Gasteiger partial charge < -0.3 is 0 Å². The summed E-state index contributed by atoms with van der Waals surface area (Å²) in [4.78, 5) is 0. The maximum Gasteiger partial charge on any atom is 0.0991 e. The number of nitrogens with zero attached hydrogens (tertiary/aromatic N) is 1. The van der Waals surface area contributed by atoms with Crippen LogP contribution in [-0.2, 0) is 5.41 Å². The molecule has 0 radical (unpaired) electrons. The zero-order valence-electron chi connectivity index (χ0n) is 10.5. The minimum atomic E-state index is -0.263. The van der Waals surface area contributed by atoms with E-state index in [9.17, 15) is 0 Å². The number of halogens is 1. The van der Waals surface area contributed by atoms with Crippen LogP contribution in [0.15, 0.2) is 54.6 Å². The van der Waals surface area contributed by atoms with Gasteiger partial charge in [0.05, 0.1) is 11.6 Å². The standard InChI is InChI=1S/C17H12ClN/c1-17(13-6-4-5-12(9-13)11-19)10-16(18)14-7-2-3-8-15(14)17/h2-10H,1H3. The third-order valence-corrected chi connectivity index (χ3v) is 4.06. The molecule has 1 nitrogen and oxygen atoms in total. The first-order chi connectivity index (χ1) is 9.15. The molecule has 2 heteroatoms. The average Bonchev–Trinajstić information content (AvgIpc) is 2.73. The number of hydrogen-bond acceptors (Lipinski definition) is 1. The summed E-state index contributed by atoms with van der Waals surface area (Å²) in [5.41, 5.74) is 3.77. The maximum atomic E-state index is 9.04. The second-order valence-electron chi connectivity index (χ2n) is 4.93. The molecule has 3 rings (SSSR count). The summed E-state index contributed by atoms with van der Waals surface area (Å²) in [6, 6.07) is 18.1. The summed E-state index contributed by atoms with van der Waals surface area (Å²) in [7, 11) is 0. The normalized spacial score (nSPS) is 20.6. The van der Waals surface area contributed by atoms with Crippen molar-refractivity contribution in [3.8, 4) is 6.07 Å². The first-order valence-corrected chi connectivity index (χ1v) is 6.52. The average molecular weight is 266 g/mol. The lowest BCUT2D eigenvalue weighted by Crippen LogP contribution is -2.18. The second-order valence-corrected chi connectivity index (χ2v) is 5.34. The van der Waals surface area contributed by atoms with Gasteiger partial charge in [0, 0.05) is 10.4 Å². The Morgan fingerprint density at radius 3 is 2.68 bits per heavy atom. The molecule has 2 aromatic carbocycles. The highest BCUT2D eigenvalue weighted by Crippen LogP contribution is 2.46. The Labute approximate surface area is 117 Å². The highest BCUT2D eigenvalue weighted by Gasteiger charge is 2.34. The quantitative estimate of drug-likeness (QED) is 0.747. The summed E-state index contributed by atoms with van der Waals surface area (Å²) < 4.78 is 0. The Balaban J connectivity index is 2.23. The zero-order valence-corrected chi connectivity index (χ0v) is 11.3. The highest BCUT2D eigenvalue weighted by molar-refractivity contribution is 6.49. The Morgan fingerprint density at radius 1 is 1.11 bits per heavy atom. The predicted octanol–water partition coefficient (Wildman–Crippen LogP) is 4.46. The van der Waals surface area contributed by atoms with Gasteiger partial charge in [-0.05, 0) is 35.7 Å². The van der Waals surface area contributed by atoms with Crippen molar-refractivity contribution in [2.45, 2.75) is 12.3 Å². The molecule has 1 unspecified atom stereocenters. The van der Waals surface area contributed by atoms with Crippen molar-refractivity contribution in [2.24, 2.45) is 0 Å². The molecule has 0 bridgehead atoms. The van der Waals surface area contributed by atoms with Crippen molar-refractivity contribution in [1.82, 2.24) is 0 Å². The van der Waals surface area contributed by atoms with E-state index in [0.29, 0.717) is 5.56 Å². The van der Waals surface area contributed by atoms with Crippen LogP contribution in [0.5, 0.6) is 0 Å². The van der Waals surface area contributed by atoms with E-state index in [1.807, 2.05) is 42.5 Å². The van der Waals surface area contributed by atoms with Crippen LogP contribution in [0.3, 0.4) is 0 Å². The van der Waals surface area contributed by atoms with Crippen molar-refractivity contribution in [1.29, 1.82) is 5.26 Å². The van der Waals surface area contributed by atoms with Crippen LogP contribution in [-0.4, -0.2) is 0 Å². The van der Waals surface area contributed by atoms with E-state index in [-0.39, 0.29) is 5.41 Å². The molecule has 0 heterocycles. The van der Waals surface area contributed by atoms with Crippen molar-refractivity contribution in [3.05, 3.63) is 76.9 Å². The SMILES string of the molecule is CC1(c2cccc(C#N)c2)C=C(Cl)c2ccccc21. The lowest BCUT2D eigenvalue weighted by Gasteiger charge is -2.24. The number of allylic oxidation sites excluding steroid dienone is 1. The summed E-state index contributed by atoms with van der Waals surface area (Å²) in [6.45, 7) is 2.14. The van der Waals surface area contributed by atoms with Crippen LogP contribution in [0.4, 0.5) is 0 Å². The van der Waals surface area contributed by atoms with Gasteiger partial charge in [-0.3, -0.25) is 0 Å². The van der Waals surface area contributed by atoms with Crippen LogP contribution < -0.4 is 0 Å². The number of nitriles is 1. The van der Waals surface area contributed by atoms with Gasteiger partial charge in [-0.25, -0.2) is 0 Å². The Hall–Kier alpha value is -2.04. The largest absolute Gasteiger partial charge is 0.192 e. The van der Waals surface area contributed by atoms with Gasteiger partial charge in [0.25, 0.3) is 0 Å². The van der Waals surface area contributed by atoms with Crippen LogP contribution in [0.25, 0.3) is 5.03 Å². The van der Waals surface area contributed by atoms with Gasteiger partial charge in [0.1, 0.15) is 0 Å². The molecule has 0 saturated carbocycles. The van der Waals surface area contributed by atoms with Crippen LogP contribution >= 0.6 is 11.6 Å². The van der Waals surface area contributed by atoms with Gasteiger partial charge >= 0.3 is 0 Å². The predicted molar refractivity (Wildman–Crippen MR) is 77.9 cm³/mol. The Bertz CT molecular complexity index is 724. The number of benzene rings is 2. The Kier molecular flexibility index (Phi) is 2.69. The third-order valence-electron chi connectivity index (χ3n) is 3.75. The molecule has 0 fully saturated rings. The molecule has 0 aliphatic heterocycles. The Morgan fingerprint density at radius 2 is 1.89 bits per heavy atom. The fraction of sp³-hybridized carbons (Fsp3) is 0.118. The molecule has 0 amide bonds. The fourth-order valence-electron chi connectivity index (χ4n) is 2.70. The summed E-state index contributed by atoms with van der Waals surface area (Å²) >= 11 is 6.35. The van der Waals surface area contributed by atoms with Crippen molar-refractivity contribution >= 4 is 16.6 Å². The van der Waals surface area contributed by atoms with E-state index in [1.165, 1.54) is 5.56 Å². The number of fused-ring (bicyclic) bond motifs is 1. The molecule has 19 heavy (non-hydrogen) atoms. The van der Waals surface area contributed by atoms with Crippen LogP contribution in [0, 0.1) is 11.3 Å². The maximum absolute atomic E-state index is 9.04. The topological polar surface area (TPSA) is 23.8 Å². The minimum absolute atomic E-state index is 0.263. The van der Waals surface area contributed by atoms with E-state index >= 15 is 0 Å². The van der Waals surface area contributed by atoms with Crippen molar-refractivity contribution in [2.75, 3.05) is 0 Å². The molecule has 1 aliphatic carbocycles. The molecule has 2 aromatic rings. The van der Waals surface area contributed by atoms with Gasteiger partial charge in [0.15, 0.2) is 0 Å². The van der Waals surface area contributed by atoms with Crippen LogP contribution in [0.2, 0.25) is 0 Å². The van der Waals surface area contributed by atoms with Gasteiger partial charge in [-0.2, -0.15) is 5.26 Å². The van der Waals surface area contributed by atoms with E-state index in [0.717, 1.165) is 16.2 Å². The molecular weight excluding hydrogens is 254 g/mol. The first kappa shape index (κ1) is 12.0. The van der Waals surface area contributed by atoms with E-state index < -0.39 is 0 Å². The highest BCUT2D eigenvalue weighted by atomic mass is 35.5. The van der Waals surface area contributed by atoms with Gasteiger partial charge in [-0.1, -0.05) is 54.1 Å². The van der Waals surface area contributed by atoms with Crippen molar-refractivity contribution in [3.63, 3.8) is 0 Å². The molecule has 0 N–H and O–H groups in total. The summed E-state index contributed by atoms with van der Waals surface area (Å²) in [5.74, 6) is 0. The lowest BCUT2D eigenvalue weighted by molar-refractivity contribution is 0.738. The monoisotopic (exact) mass is 265 g/mol. The van der Waals surface area contributed by atoms with E-state index in [4.69, 9.17) is 16.9 Å². The lowest BCUT2D eigenvalue weighted by atomic mass is 9.78. The third kappa shape index (κ3) is 1.77.